The van der Waals surface area contributed by atoms with Crippen LogP contribution >= 0.6 is 0 Å². The molecule has 0 fully saturated rings. The number of hydrazone groups is 1. The van der Waals surface area contributed by atoms with Crippen molar-refractivity contribution in [3.05, 3.63) is 35.4 Å². The van der Waals surface area contributed by atoms with Crippen LogP contribution in [-0.4, -0.2) is 31.4 Å². The maximum Gasteiger partial charge on any atom is 0.442 e. The van der Waals surface area contributed by atoms with Crippen LogP contribution in [0.2, 0.25) is 0 Å². The smallest absolute Gasteiger partial charge is 0.442 e. The number of nitrogens with one attached hydrogen (secondary N) is 1. The molecule has 1 heterocycles. The molecule has 0 radical (unpaired) electrons. The number of carbonyl (C=O) groups is 2. The van der Waals surface area contributed by atoms with E-state index >= 15 is 0 Å². The number of carbonyl (C=O) groups excluding carboxylic acids is 2. The van der Waals surface area contributed by atoms with E-state index in [0.717, 1.165) is 12.1 Å². The van der Waals surface area contributed by atoms with Gasteiger partial charge in [-0.3, -0.25) is 9.59 Å². The molecule has 0 aliphatic carbocycles. The average Bonchev–Trinajstić information content (AvgIpc) is 3.36. The van der Waals surface area contributed by atoms with Crippen molar-refractivity contribution in [1.29, 1.82) is 0 Å². The van der Waals surface area contributed by atoms with Crippen molar-refractivity contribution >= 4 is 18.1 Å². The molecule has 0 unspecified atom stereocenters. The number of methoxy groups -OCH3 is 1. The van der Waals surface area contributed by atoms with Crippen LogP contribution in [-0.2, 0) is 15.2 Å². The molecule has 0 saturated heterocycles. The van der Waals surface area contributed by atoms with Gasteiger partial charge in [0.2, 0.25) is 0 Å². The topological polar surface area (TPSA) is 92.5 Å². The second-order valence-corrected chi connectivity index (χ2v) is 4.81. The summed E-state index contributed by atoms with van der Waals surface area (Å²) in [5.41, 5.74) is -0.334. The van der Waals surface area contributed by atoms with Gasteiger partial charge in [-0.05, 0) is 18.6 Å². The summed E-state index contributed by atoms with van der Waals surface area (Å²) in [6, 6.07) is 4.74. The van der Waals surface area contributed by atoms with Crippen molar-refractivity contribution in [2.24, 2.45) is 15.3 Å². The molecule has 1 N–H and O–H groups in total. The van der Waals surface area contributed by atoms with Gasteiger partial charge in [0.05, 0.1) is 13.5 Å². The standard InChI is InChI=1S/C14H13F3N4O3/c1-24-11(22)3-2-8-18-19-12(23)9-4-6-10(7-5-9)13(20-21-13)14(15,16)17/h4-8H,2-3H2,1H3,(H,19,23)/b18-8+. The lowest BCUT2D eigenvalue weighted by Gasteiger charge is -2.14. The van der Waals surface area contributed by atoms with E-state index in [4.69, 9.17) is 0 Å². The van der Waals surface area contributed by atoms with Crippen molar-refractivity contribution in [2.45, 2.75) is 24.7 Å². The van der Waals surface area contributed by atoms with Crippen LogP contribution in [0.1, 0.15) is 28.8 Å². The van der Waals surface area contributed by atoms with Crippen LogP contribution in [0.4, 0.5) is 13.2 Å². The molecule has 1 amide bonds. The fourth-order valence-electron chi connectivity index (χ4n) is 1.81. The van der Waals surface area contributed by atoms with Crippen molar-refractivity contribution in [3.63, 3.8) is 0 Å². The van der Waals surface area contributed by atoms with E-state index < -0.39 is 23.7 Å². The van der Waals surface area contributed by atoms with E-state index in [1.54, 1.807) is 0 Å². The quantitative estimate of drug-likeness (QED) is 0.489. The van der Waals surface area contributed by atoms with Gasteiger partial charge in [-0.15, -0.1) is 10.2 Å². The van der Waals surface area contributed by atoms with Gasteiger partial charge in [-0.2, -0.15) is 18.3 Å². The van der Waals surface area contributed by atoms with Crippen LogP contribution in [0.5, 0.6) is 0 Å². The number of hydrogen-bond acceptors (Lipinski definition) is 6. The van der Waals surface area contributed by atoms with Crippen molar-refractivity contribution in [3.8, 4) is 0 Å². The van der Waals surface area contributed by atoms with E-state index in [1.807, 2.05) is 0 Å². The Kier molecular flexibility index (Phi) is 4.96. The largest absolute Gasteiger partial charge is 0.469 e. The Morgan fingerprint density at radius 3 is 2.42 bits per heavy atom. The predicted molar refractivity (Wildman–Crippen MR) is 76.2 cm³/mol. The number of alkyl halides is 3. The lowest BCUT2D eigenvalue weighted by Crippen LogP contribution is -2.30. The Labute approximate surface area is 134 Å². The first-order valence-corrected chi connectivity index (χ1v) is 6.80. The number of esters is 1. The van der Waals surface area contributed by atoms with Crippen molar-refractivity contribution in [2.75, 3.05) is 7.11 Å². The van der Waals surface area contributed by atoms with Gasteiger partial charge < -0.3 is 4.74 Å². The van der Waals surface area contributed by atoms with Gasteiger partial charge in [-0.25, -0.2) is 5.43 Å². The summed E-state index contributed by atoms with van der Waals surface area (Å²) in [4.78, 5) is 22.6. The second-order valence-electron chi connectivity index (χ2n) is 4.81. The molecule has 0 atom stereocenters. The SMILES string of the molecule is COC(=O)CC/C=N/NC(=O)c1ccc(C2(C(F)(F)F)N=N2)cc1. The summed E-state index contributed by atoms with van der Waals surface area (Å²) in [5.74, 6) is -1.00. The van der Waals surface area contributed by atoms with Gasteiger partial charge in [0.25, 0.3) is 5.91 Å². The summed E-state index contributed by atoms with van der Waals surface area (Å²) in [5, 5.41) is 9.79. The number of ether oxygens (including phenoxy) is 1. The minimum absolute atomic E-state index is 0.122. The molecule has 128 valence electrons. The Bertz CT molecular complexity index is 678. The lowest BCUT2D eigenvalue weighted by atomic mass is 10.0. The Hall–Kier alpha value is -2.78. The molecule has 10 heteroatoms. The minimum Gasteiger partial charge on any atom is -0.469 e. The number of amides is 1. The van der Waals surface area contributed by atoms with Crippen LogP contribution in [0, 0.1) is 0 Å². The molecule has 0 spiro atoms. The van der Waals surface area contributed by atoms with E-state index in [1.165, 1.54) is 25.5 Å². The molecule has 7 nitrogen and oxygen atoms in total. The van der Waals surface area contributed by atoms with Gasteiger partial charge >= 0.3 is 17.8 Å². The highest BCUT2D eigenvalue weighted by Gasteiger charge is 2.65. The van der Waals surface area contributed by atoms with Crippen LogP contribution < -0.4 is 5.43 Å². The van der Waals surface area contributed by atoms with Crippen molar-refractivity contribution < 1.29 is 27.5 Å². The number of benzene rings is 1. The third-order valence-electron chi connectivity index (χ3n) is 3.21. The number of hydrogen-bond donors (Lipinski definition) is 1. The maximum atomic E-state index is 12.8. The molecule has 2 rings (SSSR count). The lowest BCUT2D eigenvalue weighted by molar-refractivity contribution is -0.166. The monoisotopic (exact) mass is 342 g/mol. The maximum absolute atomic E-state index is 12.8. The average molecular weight is 342 g/mol. The third-order valence-corrected chi connectivity index (χ3v) is 3.21. The fourth-order valence-corrected chi connectivity index (χ4v) is 1.81. The molecule has 1 aromatic carbocycles. The zero-order valence-electron chi connectivity index (χ0n) is 12.5. The summed E-state index contributed by atoms with van der Waals surface area (Å²) in [7, 11) is 1.26. The van der Waals surface area contributed by atoms with Gasteiger partial charge in [-0.1, -0.05) is 12.1 Å². The minimum atomic E-state index is -4.61. The Balaban J connectivity index is 1.90. The molecular formula is C14H13F3N4O3. The number of nitrogens with zero attached hydrogens (tertiary/aromatic N) is 3. The highest BCUT2D eigenvalue weighted by atomic mass is 19.4. The van der Waals surface area contributed by atoms with Gasteiger partial charge in [0.1, 0.15) is 0 Å². The first-order valence-electron chi connectivity index (χ1n) is 6.80. The zero-order valence-corrected chi connectivity index (χ0v) is 12.5. The molecule has 1 aliphatic rings. The molecule has 1 aromatic rings. The zero-order chi connectivity index (χ0) is 17.8. The van der Waals surface area contributed by atoms with Crippen molar-refractivity contribution in [1.82, 2.24) is 5.43 Å². The molecule has 0 aromatic heterocycles. The number of halogens is 3. The summed E-state index contributed by atoms with van der Waals surface area (Å²) < 4.78 is 43.0. The van der Waals surface area contributed by atoms with E-state index in [0.29, 0.717) is 0 Å². The highest BCUT2D eigenvalue weighted by Crippen LogP contribution is 2.52. The van der Waals surface area contributed by atoms with Crippen LogP contribution in [0.25, 0.3) is 0 Å². The fraction of sp³-hybridized carbons (Fsp3) is 0.357. The summed E-state index contributed by atoms with van der Waals surface area (Å²) in [6.07, 6.45) is -2.88. The van der Waals surface area contributed by atoms with Crippen LogP contribution in [0.3, 0.4) is 0 Å². The summed E-state index contributed by atoms with van der Waals surface area (Å²) in [6.45, 7) is 0. The third kappa shape index (κ3) is 3.76. The molecule has 0 saturated carbocycles. The molecule has 0 bridgehead atoms. The predicted octanol–water partition coefficient (Wildman–Crippen LogP) is 2.54. The number of rotatable bonds is 6. The summed E-state index contributed by atoms with van der Waals surface area (Å²) >= 11 is 0. The first-order chi connectivity index (χ1) is 11.3. The van der Waals surface area contributed by atoms with Crippen LogP contribution in [0.15, 0.2) is 39.6 Å². The van der Waals surface area contributed by atoms with E-state index in [-0.39, 0.29) is 24.0 Å². The van der Waals surface area contributed by atoms with Gasteiger partial charge in [0.15, 0.2) is 0 Å². The highest BCUT2D eigenvalue weighted by molar-refractivity contribution is 5.94. The van der Waals surface area contributed by atoms with E-state index in [9.17, 15) is 22.8 Å². The van der Waals surface area contributed by atoms with Gasteiger partial charge in [0, 0.05) is 17.3 Å². The molecular weight excluding hydrogens is 329 g/mol. The molecule has 24 heavy (non-hydrogen) atoms. The Morgan fingerprint density at radius 1 is 1.29 bits per heavy atom. The first kappa shape index (κ1) is 17.6. The Morgan fingerprint density at radius 2 is 1.92 bits per heavy atom. The van der Waals surface area contributed by atoms with E-state index in [2.05, 4.69) is 25.5 Å². The normalized spacial score (nSPS) is 15.3. The second kappa shape index (κ2) is 6.77. The molecule has 1 aliphatic heterocycles.